The lowest BCUT2D eigenvalue weighted by molar-refractivity contribution is 0.194. The van der Waals surface area contributed by atoms with Crippen molar-refractivity contribution in [2.24, 2.45) is 0 Å². The summed E-state index contributed by atoms with van der Waals surface area (Å²) in [6.07, 6.45) is 0. The van der Waals surface area contributed by atoms with Gasteiger partial charge in [-0.3, -0.25) is 5.32 Å². The first-order valence-electron chi connectivity index (χ1n) is 3.26. The first kappa shape index (κ1) is 7.72. The Hall–Kier alpha value is -0.380. The topological polar surface area (TPSA) is 21.3 Å². The summed E-state index contributed by atoms with van der Waals surface area (Å²) >= 11 is 1.71. The van der Waals surface area contributed by atoms with Crippen LogP contribution in [0, 0.1) is 0 Å². The second-order valence-electron chi connectivity index (χ2n) is 1.85. The van der Waals surface area contributed by atoms with E-state index in [1.54, 1.807) is 11.3 Å². The maximum Gasteiger partial charge on any atom is 0.0966 e. The highest BCUT2D eigenvalue weighted by Crippen LogP contribution is 1.91. The van der Waals surface area contributed by atoms with Gasteiger partial charge in [0.25, 0.3) is 0 Å². The molecule has 1 aliphatic rings. The van der Waals surface area contributed by atoms with Gasteiger partial charge in [-0.05, 0) is 10.8 Å². The molecule has 1 saturated heterocycles. The van der Waals surface area contributed by atoms with E-state index in [2.05, 4.69) is 5.32 Å². The summed E-state index contributed by atoms with van der Waals surface area (Å²) in [6.45, 7) is 2.67. The monoisotopic (exact) mass is 157 g/mol. The molecular formula is C7H11NOS. The van der Waals surface area contributed by atoms with Crippen molar-refractivity contribution in [1.29, 1.82) is 0 Å². The molecule has 1 fully saturated rings. The molecule has 0 spiro atoms. The van der Waals surface area contributed by atoms with E-state index >= 15 is 0 Å². The molecule has 0 amide bonds. The van der Waals surface area contributed by atoms with Crippen molar-refractivity contribution in [1.82, 2.24) is 5.32 Å². The summed E-state index contributed by atoms with van der Waals surface area (Å²) in [6, 6.07) is 4.04. The molecule has 0 aliphatic carbocycles. The smallest absolute Gasteiger partial charge is 0.0966 e. The average Bonchev–Trinajstić information content (AvgIpc) is 2.67. The van der Waals surface area contributed by atoms with Gasteiger partial charge in [-0.1, -0.05) is 12.1 Å². The molecule has 0 atom stereocenters. The van der Waals surface area contributed by atoms with Crippen LogP contribution in [0.3, 0.4) is 0 Å². The van der Waals surface area contributed by atoms with Crippen LogP contribution in [-0.4, -0.2) is 19.9 Å². The summed E-state index contributed by atoms with van der Waals surface area (Å²) in [5.74, 6) is 0. The lowest BCUT2D eigenvalue weighted by Crippen LogP contribution is -2.05. The van der Waals surface area contributed by atoms with Crippen molar-refractivity contribution in [2.45, 2.75) is 0 Å². The fourth-order valence-corrected chi connectivity index (χ4v) is 1.04. The summed E-state index contributed by atoms with van der Waals surface area (Å²) in [5.41, 5.74) is 0. The molecule has 0 saturated carbocycles. The molecule has 1 aromatic heterocycles. The van der Waals surface area contributed by atoms with Gasteiger partial charge in [0.05, 0.1) is 13.3 Å². The molecule has 3 heteroatoms. The number of nitrogens with one attached hydrogen (secondary N) is 1. The molecule has 2 heterocycles. The van der Waals surface area contributed by atoms with Crippen LogP contribution >= 0.6 is 11.3 Å². The first-order valence-corrected chi connectivity index (χ1v) is 4.20. The zero-order valence-corrected chi connectivity index (χ0v) is 6.56. The van der Waals surface area contributed by atoms with Crippen LogP contribution in [0.2, 0.25) is 0 Å². The van der Waals surface area contributed by atoms with Gasteiger partial charge >= 0.3 is 0 Å². The van der Waals surface area contributed by atoms with Crippen LogP contribution < -0.4 is 5.32 Å². The zero-order chi connectivity index (χ0) is 7.07. The highest BCUT2D eigenvalue weighted by Gasteiger charge is 1.92. The van der Waals surface area contributed by atoms with E-state index in [1.807, 2.05) is 22.9 Å². The highest BCUT2D eigenvalue weighted by atomic mass is 32.1. The largest absolute Gasteiger partial charge is 0.365 e. The van der Waals surface area contributed by atoms with Gasteiger partial charge in [0.15, 0.2) is 0 Å². The van der Waals surface area contributed by atoms with Gasteiger partial charge in [-0.15, -0.1) is 0 Å². The highest BCUT2D eigenvalue weighted by molar-refractivity contribution is 7.07. The van der Waals surface area contributed by atoms with Crippen molar-refractivity contribution in [3.8, 4) is 0 Å². The maximum atomic E-state index is 4.83. The lowest BCUT2D eigenvalue weighted by Gasteiger charge is -1.76. The van der Waals surface area contributed by atoms with Crippen molar-refractivity contribution in [3.05, 3.63) is 22.9 Å². The van der Waals surface area contributed by atoms with Crippen LogP contribution in [0.25, 0.3) is 0 Å². The van der Waals surface area contributed by atoms with Gasteiger partial charge in [0.1, 0.15) is 0 Å². The van der Waals surface area contributed by atoms with E-state index in [-0.39, 0.29) is 0 Å². The molecule has 10 heavy (non-hydrogen) atoms. The summed E-state index contributed by atoms with van der Waals surface area (Å²) in [5, 5.41) is 7.08. The summed E-state index contributed by atoms with van der Waals surface area (Å²) in [4.78, 5) is 0. The molecule has 0 aromatic carbocycles. The Labute approximate surface area is 64.8 Å². The molecule has 56 valence electrons. The number of hydrogen-bond donors (Lipinski definition) is 1. The summed E-state index contributed by atoms with van der Waals surface area (Å²) < 4.78 is 4.83. The number of ether oxygens (including phenoxy) is 1. The van der Waals surface area contributed by atoms with Gasteiger partial charge in [0.2, 0.25) is 0 Å². The van der Waals surface area contributed by atoms with E-state index < -0.39 is 0 Å². The molecule has 1 aromatic rings. The SMILES string of the molecule is C1COCN1.c1ccsc1. The second-order valence-corrected chi connectivity index (χ2v) is 2.66. The molecule has 0 bridgehead atoms. The Bertz CT molecular complexity index is 112. The van der Waals surface area contributed by atoms with Crippen LogP contribution in [-0.2, 0) is 4.74 Å². The minimum absolute atomic E-state index is 0.750. The Morgan fingerprint density at radius 1 is 1.30 bits per heavy atom. The van der Waals surface area contributed by atoms with Gasteiger partial charge in [-0.25, -0.2) is 0 Å². The molecule has 2 nitrogen and oxygen atoms in total. The number of thiophene rings is 1. The predicted octanol–water partition coefficient (Wildman–Crippen LogP) is 1.31. The number of rotatable bonds is 0. The average molecular weight is 157 g/mol. The molecular weight excluding hydrogens is 146 g/mol. The summed E-state index contributed by atoms with van der Waals surface area (Å²) in [7, 11) is 0. The van der Waals surface area contributed by atoms with Crippen LogP contribution in [0.5, 0.6) is 0 Å². The third kappa shape index (κ3) is 3.61. The van der Waals surface area contributed by atoms with E-state index in [1.165, 1.54) is 0 Å². The zero-order valence-electron chi connectivity index (χ0n) is 5.75. The van der Waals surface area contributed by atoms with E-state index in [0.717, 1.165) is 19.9 Å². The van der Waals surface area contributed by atoms with Crippen molar-refractivity contribution < 1.29 is 4.74 Å². The van der Waals surface area contributed by atoms with Crippen LogP contribution in [0.4, 0.5) is 0 Å². The fourth-order valence-electron chi connectivity index (χ4n) is 0.588. The van der Waals surface area contributed by atoms with Crippen molar-refractivity contribution in [2.75, 3.05) is 19.9 Å². The quantitative estimate of drug-likeness (QED) is 0.613. The Balaban J connectivity index is 0.0000001000. The van der Waals surface area contributed by atoms with Crippen molar-refractivity contribution >= 4 is 11.3 Å². The Morgan fingerprint density at radius 2 is 2.10 bits per heavy atom. The van der Waals surface area contributed by atoms with E-state index in [0.29, 0.717) is 0 Å². The molecule has 0 unspecified atom stereocenters. The third-order valence-corrected chi connectivity index (χ3v) is 1.68. The predicted molar refractivity (Wildman–Crippen MR) is 43.1 cm³/mol. The minimum Gasteiger partial charge on any atom is -0.365 e. The molecule has 2 rings (SSSR count). The Kier molecular flexibility index (Phi) is 4.18. The van der Waals surface area contributed by atoms with Gasteiger partial charge < -0.3 is 4.74 Å². The van der Waals surface area contributed by atoms with E-state index in [9.17, 15) is 0 Å². The second kappa shape index (κ2) is 5.41. The van der Waals surface area contributed by atoms with Gasteiger partial charge in [0, 0.05) is 6.54 Å². The lowest BCUT2D eigenvalue weighted by atomic mass is 10.7. The minimum atomic E-state index is 0.750. The third-order valence-electron chi connectivity index (χ3n) is 1.05. The van der Waals surface area contributed by atoms with Gasteiger partial charge in [-0.2, -0.15) is 11.3 Å². The van der Waals surface area contributed by atoms with E-state index in [4.69, 9.17) is 4.74 Å². The maximum absolute atomic E-state index is 4.83. The molecule has 1 N–H and O–H groups in total. The van der Waals surface area contributed by atoms with Crippen LogP contribution in [0.1, 0.15) is 0 Å². The molecule has 0 radical (unpaired) electrons. The number of hydrogen-bond acceptors (Lipinski definition) is 3. The van der Waals surface area contributed by atoms with Crippen LogP contribution in [0.15, 0.2) is 22.9 Å². The normalized spacial score (nSPS) is 16.0. The van der Waals surface area contributed by atoms with Crippen molar-refractivity contribution in [3.63, 3.8) is 0 Å². The fraction of sp³-hybridized carbons (Fsp3) is 0.429. The molecule has 1 aliphatic heterocycles. The Morgan fingerprint density at radius 3 is 2.30 bits per heavy atom. The first-order chi connectivity index (χ1) is 5.00. The standard InChI is InChI=1S/C4H4S.C3H7NO/c1-2-4-5-3-1;1-2-5-3-4-1/h1-4H;4H,1-3H2.